The van der Waals surface area contributed by atoms with Gasteiger partial charge >= 0.3 is 0 Å². The van der Waals surface area contributed by atoms with E-state index in [1.807, 2.05) is 19.1 Å². The summed E-state index contributed by atoms with van der Waals surface area (Å²) in [4.78, 5) is 5.00. The van der Waals surface area contributed by atoms with Gasteiger partial charge in [-0.15, -0.1) is 0 Å². The van der Waals surface area contributed by atoms with Crippen LogP contribution in [0.4, 0.5) is 0 Å². The van der Waals surface area contributed by atoms with Crippen LogP contribution >= 0.6 is 30.4 Å². The Hall–Kier alpha value is -0.470. The summed E-state index contributed by atoms with van der Waals surface area (Å²) >= 11 is 2.15. The first-order chi connectivity index (χ1) is 10.8. The second-order valence-electron chi connectivity index (χ2n) is 5.18. The minimum Gasteiger partial charge on any atom is -0.490 e. The van der Waals surface area contributed by atoms with Crippen LogP contribution in [0.25, 0.3) is 0 Å². The number of rotatable bonds is 9. The van der Waals surface area contributed by atoms with Crippen LogP contribution in [0.1, 0.15) is 43.7 Å². The van der Waals surface area contributed by atoms with Crippen molar-refractivity contribution in [2.75, 3.05) is 13.2 Å². The maximum Gasteiger partial charge on any atom is 0.122 e. The van der Waals surface area contributed by atoms with Crippen LogP contribution in [0.15, 0.2) is 23.4 Å². The highest BCUT2D eigenvalue weighted by Gasteiger charge is 2.19. The van der Waals surface area contributed by atoms with Crippen LogP contribution < -0.4 is 4.74 Å². The molecule has 0 fully saturated rings. The van der Waals surface area contributed by atoms with Crippen LogP contribution in [-0.4, -0.2) is 25.5 Å². The molecule has 0 saturated heterocycles. The molecule has 0 radical (unpaired) electrons. The highest BCUT2D eigenvalue weighted by Crippen LogP contribution is 2.30. The van der Waals surface area contributed by atoms with Crippen molar-refractivity contribution < 1.29 is 13.8 Å². The SMILES string of the molecule is CCO/N=C/c1ccc2c(c1)CCC(CCCCOSI)O2. The minimum absolute atomic E-state index is 0.336. The molecule has 122 valence electrons. The zero-order valence-corrected chi connectivity index (χ0v) is 15.8. The van der Waals surface area contributed by atoms with Crippen molar-refractivity contribution in [1.29, 1.82) is 0 Å². The van der Waals surface area contributed by atoms with E-state index < -0.39 is 0 Å². The van der Waals surface area contributed by atoms with Crippen LogP contribution in [0.5, 0.6) is 5.75 Å². The van der Waals surface area contributed by atoms with Crippen LogP contribution in [0, 0.1) is 0 Å². The summed E-state index contributed by atoms with van der Waals surface area (Å²) in [6.45, 7) is 3.33. The van der Waals surface area contributed by atoms with Crippen molar-refractivity contribution in [2.24, 2.45) is 5.16 Å². The molecule has 6 heteroatoms. The predicted octanol–water partition coefficient (Wildman–Crippen LogP) is 4.94. The first-order valence-electron chi connectivity index (χ1n) is 7.68. The van der Waals surface area contributed by atoms with Gasteiger partial charge < -0.3 is 13.8 Å². The van der Waals surface area contributed by atoms with Crippen molar-refractivity contribution in [1.82, 2.24) is 0 Å². The van der Waals surface area contributed by atoms with Crippen LogP contribution in [0.3, 0.4) is 0 Å². The molecule has 1 atom stereocenters. The molecule has 0 saturated carbocycles. The molecule has 0 amide bonds. The molecule has 1 unspecified atom stereocenters. The number of fused-ring (bicyclic) bond motifs is 1. The fraction of sp³-hybridized carbons (Fsp3) is 0.562. The molecule has 2 rings (SSSR count). The predicted molar refractivity (Wildman–Crippen MR) is 99.8 cm³/mol. The highest BCUT2D eigenvalue weighted by molar-refractivity contribution is 14.2. The first-order valence-corrected chi connectivity index (χ1v) is 11.0. The van der Waals surface area contributed by atoms with Gasteiger partial charge in [0.15, 0.2) is 0 Å². The molecule has 1 aromatic rings. The Kier molecular flexibility index (Phi) is 8.40. The number of ether oxygens (including phenoxy) is 1. The van der Waals surface area contributed by atoms with Gasteiger partial charge in [-0.1, -0.05) is 5.16 Å². The van der Waals surface area contributed by atoms with E-state index in [9.17, 15) is 0 Å². The van der Waals surface area contributed by atoms with Crippen molar-refractivity contribution in [3.63, 3.8) is 0 Å². The minimum atomic E-state index is 0.336. The smallest absolute Gasteiger partial charge is 0.122 e. The molecule has 0 aliphatic carbocycles. The topological polar surface area (TPSA) is 40.0 Å². The normalized spacial score (nSPS) is 17.3. The summed E-state index contributed by atoms with van der Waals surface area (Å²) in [7, 11) is 1.41. The fourth-order valence-electron chi connectivity index (χ4n) is 2.49. The molecule has 4 nitrogen and oxygen atoms in total. The lowest BCUT2D eigenvalue weighted by Gasteiger charge is -2.26. The Balaban J connectivity index is 1.81. The molecular weight excluding hydrogens is 413 g/mol. The lowest BCUT2D eigenvalue weighted by molar-refractivity contribution is 0.158. The largest absolute Gasteiger partial charge is 0.490 e. The number of hydrogen-bond acceptors (Lipinski definition) is 5. The molecule has 1 aromatic carbocycles. The van der Waals surface area contributed by atoms with Crippen molar-refractivity contribution in [3.8, 4) is 5.75 Å². The van der Waals surface area contributed by atoms with Gasteiger partial charge in [0.1, 0.15) is 12.4 Å². The van der Waals surface area contributed by atoms with Gasteiger partial charge in [0, 0.05) is 21.2 Å². The summed E-state index contributed by atoms with van der Waals surface area (Å²) in [6.07, 6.45) is 7.58. The summed E-state index contributed by atoms with van der Waals surface area (Å²) in [5, 5.41) is 3.91. The van der Waals surface area contributed by atoms with E-state index in [4.69, 9.17) is 13.8 Å². The van der Waals surface area contributed by atoms with E-state index in [1.165, 1.54) is 14.8 Å². The second kappa shape index (κ2) is 10.3. The number of halogens is 1. The third kappa shape index (κ3) is 5.96. The number of oxime groups is 1. The van der Waals surface area contributed by atoms with E-state index in [1.54, 1.807) is 6.21 Å². The van der Waals surface area contributed by atoms with Gasteiger partial charge in [-0.2, -0.15) is 0 Å². The maximum absolute atomic E-state index is 6.10. The Morgan fingerprint density at radius 2 is 2.36 bits per heavy atom. The molecule has 0 bridgehead atoms. The quantitative estimate of drug-likeness (QED) is 0.181. The van der Waals surface area contributed by atoms with E-state index in [2.05, 4.69) is 32.4 Å². The monoisotopic (exact) mass is 435 g/mol. The Morgan fingerprint density at radius 1 is 1.45 bits per heavy atom. The molecule has 22 heavy (non-hydrogen) atoms. The molecule has 1 aliphatic heterocycles. The lowest BCUT2D eigenvalue weighted by Crippen LogP contribution is -2.22. The van der Waals surface area contributed by atoms with Gasteiger partial charge in [0.05, 0.1) is 28.1 Å². The lowest BCUT2D eigenvalue weighted by atomic mass is 9.97. The number of nitrogens with zero attached hydrogens (tertiary/aromatic N) is 1. The maximum atomic E-state index is 6.10. The zero-order chi connectivity index (χ0) is 15.6. The Morgan fingerprint density at radius 3 is 3.18 bits per heavy atom. The van der Waals surface area contributed by atoms with Gasteiger partial charge in [-0.25, -0.2) is 0 Å². The van der Waals surface area contributed by atoms with Gasteiger partial charge in [0.2, 0.25) is 0 Å². The number of unbranched alkanes of at least 4 members (excludes halogenated alkanes) is 1. The van der Waals surface area contributed by atoms with E-state index in [0.717, 1.165) is 50.0 Å². The average molecular weight is 435 g/mol. The third-order valence-electron chi connectivity index (χ3n) is 3.57. The first kappa shape index (κ1) is 17.9. The average Bonchev–Trinajstić information content (AvgIpc) is 2.55. The van der Waals surface area contributed by atoms with E-state index >= 15 is 0 Å². The Labute approximate surface area is 148 Å². The summed E-state index contributed by atoms with van der Waals surface area (Å²) in [5.41, 5.74) is 2.32. The number of hydrogen-bond donors (Lipinski definition) is 0. The molecule has 0 aromatic heterocycles. The van der Waals surface area contributed by atoms with Crippen molar-refractivity contribution >= 4 is 36.6 Å². The zero-order valence-electron chi connectivity index (χ0n) is 12.8. The molecule has 1 heterocycles. The summed E-state index contributed by atoms with van der Waals surface area (Å²) in [6, 6.07) is 6.21. The summed E-state index contributed by atoms with van der Waals surface area (Å²) < 4.78 is 11.4. The van der Waals surface area contributed by atoms with E-state index in [0.29, 0.717) is 12.7 Å². The highest BCUT2D eigenvalue weighted by atomic mass is 127. The number of benzene rings is 1. The van der Waals surface area contributed by atoms with Crippen molar-refractivity contribution in [3.05, 3.63) is 29.3 Å². The van der Waals surface area contributed by atoms with Gasteiger partial charge in [-0.3, -0.25) is 0 Å². The molecule has 0 spiro atoms. The van der Waals surface area contributed by atoms with Gasteiger partial charge in [-0.05, 0) is 68.4 Å². The van der Waals surface area contributed by atoms with E-state index in [-0.39, 0.29) is 0 Å². The van der Waals surface area contributed by atoms with Gasteiger partial charge in [0.25, 0.3) is 0 Å². The molecule has 0 N–H and O–H groups in total. The third-order valence-corrected chi connectivity index (χ3v) is 4.59. The Bertz CT molecular complexity index is 484. The standard InChI is InChI=1S/C16H22INO3S/c1-2-19-18-12-13-6-9-16-14(11-13)7-8-15(21-16)5-3-4-10-20-22-17/h6,9,11-12,15H,2-5,7-8,10H2,1H3/b18-12+. The summed E-state index contributed by atoms with van der Waals surface area (Å²) in [5.74, 6) is 1.02. The number of aryl methyl sites for hydroxylation is 1. The van der Waals surface area contributed by atoms with Crippen molar-refractivity contribution in [2.45, 2.75) is 45.1 Å². The molecule has 1 aliphatic rings. The van der Waals surface area contributed by atoms with Crippen LogP contribution in [-0.2, 0) is 15.4 Å². The fourth-order valence-corrected chi connectivity index (χ4v) is 3.21. The second-order valence-corrected chi connectivity index (χ2v) is 6.62. The molecular formula is C16H22INO3S. The van der Waals surface area contributed by atoms with Crippen LogP contribution in [0.2, 0.25) is 0 Å².